The van der Waals surface area contributed by atoms with Crippen molar-refractivity contribution in [2.75, 3.05) is 12.9 Å². The van der Waals surface area contributed by atoms with Crippen LogP contribution in [0.5, 0.6) is 5.75 Å². The van der Waals surface area contributed by atoms with E-state index in [4.69, 9.17) is 14.2 Å². The highest BCUT2D eigenvalue weighted by Crippen LogP contribution is 2.35. The number of benzene rings is 1. The quantitative estimate of drug-likeness (QED) is 0.515. The van der Waals surface area contributed by atoms with E-state index >= 15 is 0 Å². The molecule has 2 heterocycles. The minimum Gasteiger partial charge on any atom is -0.497 e. The molecule has 8 heteroatoms. The van der Waals surface area contributed by atoms with Crippen molar-refractivity contribution in [3.05, 3.63) is 42.5 Å². The van der Waals surface area contributed by atoms with E-state index in [0.29, 0.717) is 23.5 Å². The van der Waals surface area contributed by atoms with Crippen molar-refractivity contribution >= 4 is 23.0 Å². The highest BCUT2D eigenvalue weighted by atomic mass is 32.2. The first kappa shape index (κ1) is 24.2. The number of aliphatic hydroxyl groups is 1. The van der Waals surface area contributed by atoms with Gasteiger partial charge in [0.25, 0.3) is 5.24 Å². The predicted octanol–water partition coefficient (Wildman–Crippen LogP) is 3.91. The number of rotatable bonds is 6. The highest BCUT2D eigenvalue weighted by molar-refractivity contribution is 8.14. The van der Waals surface area contributed by atoms with E-state index in [9.17, 15) is 14.7 Å². The number of methoxy groups -OCH3 is 1. The van der Waals surface area contributed by atoms with E-state index < -0.39 is 23.9 Å². The van der Waals surface area contributed by atoms with E-state index in [2.05, 4.69) is 18.8 Å². The second-order valence-corrected chi connectivity index (χ2v) is 8.33. The Bertz CT molecular complexity index is 725. The van der Waals surface area contributed by atoms with Crippen LogP contribution < -0.4 is 10.1 Å². The topological polar surface area (TPSA) is 94.1 Å². The molecule has 1 aromatic rings. The van der Waals surface area contributed by atoms with Gasteiger partial charge in [0.05, 0.1) is 24.8 Å². The minimum atomic E-state index is -1.54. The van der Waals surface area contributed by atoms with Crippen molar-refractivity contribution in [3.8, 4) is 5.75 Å². The third-order valence-corrected chi connectivity index (χ3v) is 5.71. The van der Waals surface area contributed by atoms with Gasteiger partial charge in [-0.3, -0.25) is 4.79 Å². The monoisotopic (exact) mass is 437 g/mol. The van der Waals surface area contributed by atoms with Gasteiger partial charge in [0.1, 0.15) is 11.9 Å². The third kappa shape index (κ3) is 6.75. The number of hydrogen-bond donors (Lipinski definition) is 2. The molecule has 0 aliphatic carbocycles. The Labute approximate surface area is 182 Å². The van der Waals surface area contributed by atoms with Crippen LogP contribution in [-0.2, 0) is 9.47 Å². The molecule has 2 N–H and O–H groups in total. The lowest BCUT2D eigenvalue weighted by molar-refractivity contribution is -0.277. The normalized spacial score (nSPS) is 28.0. The summed E-state index contributed by atoms with van der Waals surface area (Å²) in [5, 5.41) is 13.3. The zero-order valence-corrected chi connectivity index (χ0v) is 18.6. The van der Waals surface area contributed by atoms with Crippen LogP contribution in [-0.4, -0.2) is 53.2 Å². The summed E-state index contributed by atoms with van der Waals surface area (Å²) in [5.74, 6) is -0.933. The third-order valence-electron chi connectivity index (χ3n) is 4.83. The smallest absolute Gasteiger partial charge is 0.338 e. The predicted molar refractivity (Wildman–Crippen MR) is 117 cm³/mol. The van der Waals surface area contributed by atoms with Crippen molar-refractivity contribution in [1.82, 2.24) is 5.32 Å². The molecule has 30 heavy (non-hydrogen) atoms. The van der Waals surface area contributed by atoms with Crippen LogP contribution in [0.1, 0.15) is 49.9 Å². The van der Waals surface area contributed by atoms with Crippen molar-refractivity contribution < 1.29 is 28.9 Å². The van der Waals surface area contributed by atoms with Crippen molar-refractivity contribution in [2.24, 2.45) is 0 Å². The molecule has 1 aromatic carbocycles. The van der Waals surface area contributed by atoms with Crippen LogP contribution >= 0.6 is 11.8 Å². The zero-order chi connectivity index (χ0) is 22.1. The van der Waals surface area contributed by atoms with Crippen LogP contribution in [0.15, 0.2) is 36.9 Å². The van der Waals surface area contributed by atoms with Crippen molar-refractivity contribution in [1.29, 1.82) is 0 Å². The minimum absolute atomic E-state index is 0.116. The summed E-state index contributed by atoms with van der Waals surface area (Å²) in [5.41, 5.74) is 0.410. The molecule has 0 unspecified atom stereocenters. The largest absolute Gasteiger partial charge is 0.497 e. The van der Waals surface area contributed by atoms with Gasteiger partial charge in [0, 0.05) is 18.6 Å². The molecule has 0 aromatic heterocycles. The number of carbonyl (C=O) groups is 2. The molecular weight excluding hydrogens is 406 g/mol. The van der Waals surface area contributed by atoms with Crippen LogP contribution in [0.25, 0.3) is 0 Å². The van der Waals surface area contributed by atoms with E-state index in [1.165, 1.54) is 6.42 Å². The van der Waals surface area contributed by atoms with Crippen molar-refractivity contribution in [3.63, 3.8) is 0 Å². The highest BCUT2D eigenvalue weighted by Gasteiger charge is 2.48. The van der Waals surface area contributed by atoms with Crippen LogP contribution in [0.4, 0.5) is 4.79 Å². The average molecular weight is 438 g/mol. The number of carbonyl (C=O) groups excluding carboxylic acids is 2. The Morgan fingerprint density at radius 2 is 2.13 bits per heavy atom. The number of allylic oxidation sites excluding steroid dienone is 1. The first-order valence-electron chi connectivity index (χ1n) is 10.1. The summed E-state index contributed by atoms with van der Waals surface area (Å²) < 4.78 is 16.3. The van der Waals surface area contributed by atoms with Gasteiger partial charge in [-0.05, 0) is 37.6 Å². The SMILES string of the molecule is C=CCCC.COc1ccc(C(=O)O[C@@H]2C[C@@H](C)O[C@@](O)([C@@H]3CSC(=O)N3)C2)cc1. The maximum Gasteiger partial charge on any atom is 0.338 e. The number of thioether (sulfide) groups is 1. The number of esters is 1. The molecule has 2 aliphatic rings. The molecule has 0 saturated carbocycles. The van der Waals surface area contributed by atoms with Gasteiger partial charge in [-0.2, -0.15) is 0 Å². The van der Waals surface area contributed by atoms with Gasteiger partial charge in [-0.15, -0.1) is 6.58 Å². The molecule has 0 radical (unpaired) electrons. The number of nitrogens with one attached hydrogen (secondary N) is 1. The molecular formula is C22H31NO6S. The summed E-state index contributed by atoms with van der Waals surface area (Å²) in [7, 11) is 1.55. The molecule has 3 rings (SSSR count). The fourth-order valence-corrected chi connectivity index (χ4v) is 4.20. The maximum atomic E-state index is 12.3. The standard InChI is InChI=1S/C17H21NO6S.C5H10/c1-10-7-13(8-17(21,24-10)14-9-25-16(20)18-14)23-15(19)11-3-5-12(22-2)6-4-11;1-3-5-4-2/h3-6,10,13-14,21H,7-9H2,1-2H3,(H,18,20);3H,1,4-5H2,2H3/t10-,13-,14+,17-;/m1./s1. The zero-order valence-electron chi connectivity index (χ0n) is 17.8. The Morgan fingerprint density at radius 1 is 1.43 bits per heavy atom. The Kier molecular flexibility index (Phi) is 9.20. The summed E-state index contributed by atoms with van der Waals surface area (Å²) in [6.45, 7) is 7.50. The summed E-state index contributed by atoms with van der Waals surface area (Å²) in [4.78, 5) is 23.8. The number of hydrogen-bond acceptors (Lipinski definition) is 7. The van der Waals surface area contributed by atoms with Gasteiger partial charge in [-0.25, -0.2) is 4.79 Å². The second kappa shape index (κ2) is 11.4. The molecule has 166 valence electrons. The van der Waals surface area contributed by atoms with Gasteiger partial charge < -0.3 is 24.6 Å². The fraction of sp³-hybridized carbons (Fsp3) is 0.545. The van der Waals surface area contributed by atoms with Crippen LogP contribution in [0, 0.1) is 0 Å². The maximum absolute atomic E-state index is 12.3. The van der Waals surface area contributed by atoms with Gasteiger partial charge in [-0.1, -0.05) is 31.2 Å². The first-order chi connectivity index (χ1) is 14.3. The Morgan fingerprint density at radius 3 is 2.63 bits per heavy atom. The lowest BCUT2D eigenvalue weighted by Gasteiger charge is -2.42. The van der Waals surface area contributed by atoms with Crippen LogP contribution in [0.3, 0.4) is 0 Å². The second-order valence-electron chi connectivity index (χ2n) is 7.34. The molecule has 4 atom stereocenters. The lowest BCUT2D eigenvalue weighted by Crippen LogP contribution is -2.58. The van der Waals surface area contributed by atoms with E-state index in [-0.39, 0.29) is 17.8 Å². The van der Waals surface area contributed by atoms with Gasteiger partial charge in [0.15, 0.2) is 5.79 Å². The molecule has 0 spiro atoms. The van der Waals surface area contributed by atoms with Gasteiger partial charge in [0.2, 0.25) is 0 Å². The van der Waals surface area contributed by atoms with Crippen LogP contribution in [0.2, 0.25) is 0 Å². The Balaban J connectivity index is 0.000000575. The summed E-state index contributed by atoms with van der Waals surface area (Å²) >= 11 is 1.10. The molecule has 2 aliphatic heterocycles. The molecule has 2 saturated heterocycles. The number of unbranched alkanes of at least 4 members (excludes halogenated alkanes) is 1. The van der Waals surface area contributed by atoms with E-state index in [0.717, 1.165) is 18.2 Å². The number of ether oxygens (including phenoxy) is 3. The average Bonchev–Trinajstić information content (AvgIpc) is 3.16. The Hall–Kier alpha value is -2.03. The lowest BCUT2D eigenvalue weighted by atomic mass is 9.94. The fourth-order valence-electron chi connectivity index (χ4n) is 3.32. The summed E-state index contributed by atoms with van der Waals surface area (Å²) in [6, 6.07) is 6.11. The van der Waals surface area contributed by atoms with E-state index in [1.807, 2.05) is 13.0 Å². The van der Waals surface area contributed by atoms with E-state index in [1.54, 1.807) is 31.4 Å². The molecule has 7 nitrogen and oxygen atoms in total. The van der Waals surface area contributed by atoms with Gasteiger partial charge >= 0.3 is 5.97 Å². The first-order valence-corrected chi connectivity index (χ1v) is 11.1. The number of amides is 1. The van der Waals surface area contributed by atoms with Crippen molar-refractivity contribution in [2.45, 2.75) is 63.6 Å². The molecule has 0 bridgehead atoms. The molecule has 2 fully saturated rings. The summed E-state index contributed by atoms with van der Waals surface area (Å²) in [6.07, 6.45) is 4.12. The molecule has 1 amide bonds.